The summed E-state index contributed by atoms with van der Waals surface area (Å²) in [6.07, 6.45) is 3.34. The second-order valence-corrected chi connectivity index (χ2v) is 5.40. The number of aromatic nitrogens is 2. The molecule has 1 N–H and O–H groups in total. The Labute approximate surface area is 148 Å². The predicted octanol–water partition coefficient (Wildman–Crippen LogP) is 1.47. The van der Waals surface area contributed by atoms with Crippen LogP contribution >= 0.6 is 24.0 Å². The fraction of sp³-hybridized carbons (Fsp3) is 0.786. The van der Waals surface area contributed by atoms with Crippen molar-refractivity contribution in [3.05, 3.63) is 11.7 Å². The number of nitrogens with zero attached hydrogens (tertiary/aromatic N) is 4. The molecule has 0 amide bonds. The van der Waals surface area contributed by atoms with Crippen molar-refractivity contribution < 1.29 is 9.26 Å². The molecule has 0 unspecified atom stereocenters. The summed E-state index contributed by atoms with van der Waals surface area (Å²) < 4.78 is 10.7. The van der Waals surface area contributed by atoms with Gasteiger partial charge in [-0.1, -0.05) is 5.16 Å². The molecule has 7 nitrogen and oxygen atoms in total. The second-order valence-electron chi connectivity index (χ2n) is 5.40. The van der Waals surface area contributed by atoms with Crippen molar-refractivity contribution in [1.82, 2.24) is 20.4 Å². The van der Waals surface area contributed by atoms with Gasteiger partial charge < -0.3 is 19.5 Å². The molecule has 0 aliphatic heterocycles. The van der Waals surface area contributed by atoms with Crippen molar-refractivity contribution in [2.75, 3.05) is 40.4 Å². The Morgan fingerprint density at radius 3 is 2.86 bits per heavy atom. The van der Waals surface area contributed by atoms with E-state index in [1.807, 2.05) is 14.0 Å². The number of aliphatic imine (C=N–C) groups is 1. The fourth-order valence-electron chi connectivity index (χ4n) is 1.95. The minimum Gasteiger partial charge on any atom is -0.379 e. The summed E-state index contributed by atoms with van der Waals surface area (Å²) in [6.45, 7) is 4.98. The number of likely N-dealkylation sites (N-methyl/N-ethyl adjacent to an activating group) is 1. The molecule has 0 radical (unpaired) electrons. The van der Waals surface area contributed by atoms with Gasteiger partial charge in [0.25, 0.3) is 0 Å². The normalized spacial score (nSPS) is 14.6. The van der Waals surface area contributed by atoms with E-state index in [2.05, 4.69) is 25.3 Å². The zero-order valence-electron chi connectivity index (χ0n) is 13.5. The lowest BCUT2D eigenvalue weighted by Crippen LogP contribution is -2.41. The summed E-state index contributed by atoms with van der Waals surface area (Å²) in [4.78, 5) is 10.5. The quantitative estimate of drug-likeness (QED) is 0.296. The molecule has 2 rings (SSSR count). The number of halogens is 1. The molecule has 1 saturated carbocycles. The van der Waals surface area contributed by atoms with Crippen LogP contribution in [0.3, 0.4) is 0 Å². The topological polar surface area (TPSA) is 75.8 Å². The lowest BCUT2D eigenvalue weighted by atomic mass is 10.4. The fourth-order valence-corrected chi connectivity index (χ4v) is 1.95. The molecule has 1 fully saturated rings. The number of hydrogen-bond donors (Lipinski definition) is 1. The van der Waals surface area contributed by atoms with Gasteiger partial charge in [0.1, 0.15) is 0 Å². The Morgan fingerprint density at radius 2 is 2.27 bits per heavy atom. The molecule has 0 saturated heterocycles. The van der Waals surface area contributed by atoms with Crippen molar-refractivity contribution in [3.8, 4) is 0 Å². The standard InChI is InChI=1S/C14H25N5O2.HI/c1-11-17-13(21-18-11)6-7-16-14(15-2)19(3)8-9-20-10-12-4-5-12;/h12H,4-10H2,1-3H3,(H,15,16);1H. The van der Waals surface area contributed by atoms with Gasteiger partial charge in [-0.15, -0.1) is 24.0 Å². The van der Waals surface area contributed by atoms with E-state index in [9.17, 15) is 0 Å². The molecular weight excluding hydrogens is 397 g/mol. The monoisotopic (exact) mass is 423 g/mol. The highest BCUT2D eigenvalue weighted by Crippen LogP contribution is 2.28. The van der Waals surface area contributed by atoms with Crippen LogP contribution in [0.15, 0.2) is 9.52 Å². The maximum atomic E-state index is 5.64. The van der Waals surface area contributed by atoms with E-state index in [-0.39, 0.29) is 24.0 Å². The van der Waals surface area contributed by atoms with Crippen LogP contribution in [-0.2, 0) is 11.2 Å². The van der Waals surface area contributed by atoms with Gasteiger partial charge in [0.2, 0.25) is 5.89 Å². The third kappa shape index (κ3) is 6.91. The molecule has 126 valence electrons. The van der Waals surface area contributed by atoms with Gasteiger partial charge in [-0.25, -0.2) is 0 Å². The van der Waals surface area contributed by atoms with Gasteiger partial charge in [0.15, 0.2) is 11.8 Å². The summed E-state index contributed by atoms with van der Waals surface area (Å²) in [6, 6.07) is 0. The first kappa shape index (κ1) is 19.1. The first-order valence-electron chi connectivity index (χ1n) is 7.47. The SMILES string of the molecule is CN=C(NCCc1nc(C)no1)N(C)CCOCC1CC1.I. The van der Waals surface area contributed by atoms with E-state index in [4.69, 9.17) is 9.26 Å². The van der Waals surface area contributed by atoms with Crippen molar-refractivity contribution in [2.45, 2.75) is 26.2 Å². The van der Waals surface area contributed by atoms with E-state index >= 15 is 0 Å². The molecule has 1 heterocycles. The molecule has 1 aliphatic rings. The number of guanidine groups is 1. The average Bonchev–Trinajstić information content (AvgIpc) is 3.21. The van der Waals surface area contributed by atoms with Crippen LogP contribution in [0.4, 0.5) is 0 Å². The minimum absolute atomic E-state index is 0. The third-order valence-corrected chi connectivity index (χ3v) is 3.39. The lowest BCUT2D eigenvalue weighted by molar-refractivity contribution is 0.115. The third-order valence-electron chi connectivity index (χ3n) is 3.39. The second kappa shape index (κ2) is 9.98. The lowest BCUT2D eigenvalue weighted by Gasteiger charge is -2.21. The van der Waals surface area contributed by atoms with E-state index < -0.39 is 0 Å². The van der Waals surface area contributed by atoms with Crippen molar-refractivity contribution in [2.24, 2.45) is 10.9 Å². The maximum Gasteiger partial charge on any atom is 0.228 e. The first-order chi connectivity index (χ1) is 10.2. The van der Waals surface area contributed by atoms with Crippen LogP contribution in [-0.4, -0.2) is 61.4 Å². The van der Waals surface area contributed by atoms with E-state index in [1.54, 1.807) is 7.05 Å². The predicted molar refractivity (Wildman–Crippen MR) is 95.7 cm³/mol. The number of nitrogens with one attached hydrogen (secondary N) is 1. The summed E-state index contributed by atoms with van der Waals surface area (Å²) in [5.41, 5.74) is 0. The van der Waals surface area contributed by atoms with Crippen LogP contribution in [0.25, 0.3) is 0 Å². The van der Waals surface area contributed by atoms with Crippen LogP contribution in [0.5, 0.6) is 0 Å². The number of ether oxygens (including phenoxy) is 1. The molecule has 0 aromatic carbocycles. The maximum absolute atomic E-state index is 5.64. The summed E-state index contributed by atoms with van der Waals surface area (Å²) >= 11 is 0. The van der Waals surface area contributed by atoms with Crippen LogP contribution < -0.4 is 5.32 Å². The molecular formula is C14H26IN5O2. The Morgan fingerprint density at radius 1 is 1.50 bits per heavy atom. The molecule has 22 heavy (non-hydrogen) atoms. The zero-order chi connectivity index (χ0) is 15.1. The molecule has 1 aliphatic carbocycles. The van der Waals surface area contributed by atoms with E-state index in [0.29, 0.717) is 24.7 Å². The smallest absolute Gasteiger partial charge is 0.228 e. The molecule has 0 spiro atoms. The largest absolute Gasteiger partial charge is 0.379 e. The van der Waals surface area contributed by atoms with Gasteiger partial charge in [-0.3, -0.25) is 4.99 Å². The van der Waals surface area contributed by atoms with Crippen LogP contribution in [0.2, 0.25) is 0 Å². The van der Waals surface area contributed by atoms with Crippen molar-refractivity contribution in [1.29, 1.82) is 0 Å². The number of hydrogen-bond acceptors (Lipinski definition) is 5. The highest BCUT2D eigenvalue weighted by Gasteiger charge is 2.21. The summed E-state index contributed by atoms with van der Waals surface area (Å²) in [5, 5.41) is 7.05. The van der Waals surface area contributed by atoms with Gasteiger partial charge >= 0.3 is 0 Å². The molecule has 1 aromatic heterocycles. The van der Waals surface area contributed by atoms with Gasteiger partial charge in [-0.2, -0.15) is 4.98 Å². The van der Waals surface area contributed by atoms with Crippen molar-refractivity contribution >= 4 is 29.9 Å². The molecule has 0 bridgehead atoms. The zero-order valence-corrected chi connectivity index (χ0v) is 15.9. The Bertz CT molecular complexity index is 462. The summed E-state index contributed by atoms with van der Waals surface area (Å²) in [5.74, 6) is 2.97. The number of rotatable bonds is 8. The van der Waals surface area contributed by atoms with Gasteiger partial charge in [0, 0.05) is 40.2 Å². The minimum atomic E-state index is 0. The Hall–Kier alpha value is -0.900. The Kier molecular flexibility index (Phi) is 8.69. The molecule has 0 atom stereocenters. The van der Waals surface area contributed by atoms with E-state index in [0.717, 1.165) is 31.6 Å². The molecule has 1 aromatic rings. The highest BCUT2D eigenvalue weighted by molar-refractivity contribution is 14.0. The van der Waals surface area contributed by atoms with E-state index in [1.165, 1.54) is 12.8 Å². The molecule has 8 heteroatoms. The van der Waals surface area contributed by atoms with Crippen molar-refractivity contribution in [3.63, 3.8) is 0 Å². The number of aryl methyl sites for hydroxylation is 1. The van der Waals surface area contributed by atoms with Gasteiger partial charge in [0.05, 0.1) is 6.61 Å². The van der Waals surface area contributed by atoms with Crippen LogP contribution in [0.1, 0.15) is 24.6 Å². The Balaban J connectivity index is 0.00000242. The first-order valence-corrected chi connectivity index (χ1v) is 7.47. The van der Waals surface area contributed by atoms with Gasteiger partial charge in [-0.05, 0) is 25.7 Å². The highest BCUT2D eigenvalue weighted by atomic mass is 127. The average molecular weight is 423 g/mol. The summed E-state index contributed by atoms with van der Waals surface area (Å²) in [7, 11) is 3.79. The van der Waals surface area contributed by atoms with Crippen LogP contribution in [0, 0.1) is 12.8 Å².